The van der Waals surface area contributed by atoms with Crippen LogP contribution in [0, 0.1) is 43.2 Å². The number of carbonyl (C=O) groups excluding carboxylic acids is 1. The Kier molecular flexibility index (Phi) is 7.83. The summed E-state index contributed by atoms with van der Waals surface area (Å²) in [5.41, 5.74) is 0.877. The van der Waals surface area contributed by atoms with Crippen LogP contribution in [0.25, 0.3) is 0 Å². The van der Waals surface area contributed by atoms with Gasteiger partial charge >= 0.3 is 5.97 Å². The molecule has 0 spiro atoms. The van der Waals surface area contributed by atoms with Gasteiger partial charge in [-0.15, -0.1) is 0 Å². The number of esters is 1. The summed E-state index contributed by atoms with van der Waals surface area (Å²) in [6.45, 7) is 0.475. The average Bonchev–Trinajstić information content (AvgIpc) is 2.64. The topological polar surface area (TPSA) is 72.5 Å². The molecule has 0 atom stereocenters. The number of carbonyl (C=O) groups is 1. The molecule has 0 saturated carbocycles. The lowest BCUT2D eigenvalue weighted by atomic mass is 10.1. The zero-order valence-corrected chi connectivity index (χ0v) is 19.4. The highest BCUT2D eigenvalue weighted by Gasteiger charge is 2.33. The number of hydrogen-bond acceptors (Lipinski definition) is 4. The highest BCUT2D eigenvalue weighted by Crippen LogP contribution is 2.26. The Morgan fingerprint density at radius 2 is 1.52 bits per heavy atom. The normalized spacial score (nSPS) is 11.6. The van der Waals surface area contributed by atoms with E-state index in [2.05, 4.69) is 0 Å². The lowest BCUT2D eigenvalue weighted by molar-refractivity contribution is 0.0512. The first-order chi connectivity index (χ1) is 13.4. The second kappa shape index (κ2) is 9.38. The molecule has 0 radical (unpaired) electrons. The molecule has 0 aromatic heterocycles. The van der Waals surface area contributed by atoms with Gasteiger partial charge < -0.3 is 4.74 Å². The fourth-order valence-electron chi connectivity index (χ4n) is 2.15. The zero-order valence-electron chi connectivity index (χ0n) is 14.3. The minimum Gasteiger partial charge on any atom is -0.461 e. The number of rotatable bonds is 6. The van der Waals surface area contributed by atoms with Crippen molar-refractivity contribution in [2.45, 2.75) is 11.8 Å². The fourth-order valence-corrected chi connectivity index (χ4v) is 5.14. The Morgan fingerprint density at radius 3 is 2.07 bits per heavy atom. The molecule has 5 nitrogen and oxygen atoms in total. The van der Waals surface area contributed by atoms with Gasteiger partial charge in [-0.1, -0.05) is 0 Å². The van der Waals surface area contributed by atoms with Gasteiger partial charge in [0.05, 0.1) is 5.56 Å². The van der Waals surface area contributed by atoms with Crippen molar-refractivity contribution in [3.05, 3.63) is 59.5 Å². The van der Waals surface area contributed by atoms with E-state index >= 15 is 0 Å². The maximum atomic E-state index is 13.7. The summed E-state index contributed by atoms with van der Waals surface area (Å²) in [6, 6.07) is 3.38. The van der Waals surface area contributed by atoms with E-state index in [-0.39, 0.29) is 5.56 Å². The molecule has 29 heavy (non-hydrogen) atoms. The molecule has 2 aromatic carbocycles. The first-order valence-electron chi connectivity index (χ1n) is 7.52. The number of halogens is 7. The van der Waals surface area contributed by atoms with Gasteiger partial charge in [0.1, 0.15) is 6.61 Å². The van der Waals surface area contributed by atoms with Crippen LogP contribution in [0.1, 0.15) is 15.9 Å². The second-order valence-electron chi connectivity index (χ2n) is 5.49. The molecule has 0 unspecified atom stereocenters. The van der Waals surface area contributed by atoms with Crippen LogP contribution in [-0.2, 0) is 14.8 Å². The predicted molar refractivity (Wildman–Crippen MR) is 108 cm³/mol. The number of hydrogen-bond donors (Lipinski definition) is 1. The lowest BCUT2D eigenvalue weighted by Crippen LogP contribution is -2.30. The molecule has 0 amide bonds. The minimum absolute atomic E-state index is 0.240. The Balaban J connectivity index is 2.11. The van der Waals surface area contributed by atoms with E-state index in [1.54, 1.807) is 17.7 Å². The summed E-state index contributed by atoms with van der Waals surface area (Å²) >= 11 is 4.01. The summed E-state index contributed by atoms with van der Waals surface area (Å²) in [7, 11) is -5.11. The summed E-state index contributed by atoms with van der Waals surface area (Å²) in [5.74, 6) is -13.0. The summed E-state index contributed by atoms with van der Waals surface area (Å²) in [5, 5.41) is 0. The molecule has 0 aliphatic heterocycles. The molecule has 0 heterocycles. The predicted octanol–water partition coefficient (Wildman–Crippen LogP) is 4.04. The largest absolute Gasteiger partial charge is 0.461 e. The summed E-state index contributed by atoms with van der Waals surface area (Å²) in [6.07, 6.45) is 0. The van der Waals surface area contributed by atoms with Crippen LogP contribution in [0.4, 0.5) is 22.0 Å². The van der Waals surface area contributed by atoms with Gasteiger partial charge in [-0.05, 0) is 69.8 Å². The van der Waals surface area contributed by atoms with Crippen molar-refractivity contribution in [3.8, 4) is 0 Å². The molecule has 1 N–H and O–H groups in total. The van der Waals surface area contributed by atoms with E-state index in [4.69, 9.17) is 4.74 Å². The third-order valence-electron chi connectivity index (χ3n) is 3.59. The number of ether oxygens (including phenoxy) is 1. The monoisotopic (exact) mass is 661 g/mol. The molecular weight excluding hydrogens is 651 g/mol. The van der Waals surface area contributed by atoms with Crippen LogP contribution in [-0.4, -0.2) is 27.5 Å². The molecular formula is C16H10F5I2NO4S. The third kappa shape index (κ3) is 5.16. The molecule has 0 aliphatic rings. The zero-order chi connectivity index (χ0) is 22.1. The van der Waals surface area contributed by atoms with Crippen molar-refractivity contribution in [2.75, 3.05) is 13.2 Å². The summed E-state index contributed by atoms with van der Waals surface area (Å²) < 4.78 is 98.7. The number of nitrogens with one attached hydrogen (secondary N) is 1. The van der Waals surface area contributed by atoms with E-state index in [0.717, 1.165) is 7.14 Å². The Bertz CT molecular complexity index is 1070. The van der Waals surface area contributed by atoms with Crippen LogP contribution >= 0.6 is 45.2 Å². The fraction of sp³-hybridized carbons (Fsp3) is 0.188. The van der Waals surface area contributed by atoms with Gasteiger partial charge in [-0.3, -0.25) is 0 Å². The van der Waals surface area contributed by atoms with Crippen molar-refractivity contribution in [1.29, 1.82) is 0 Å². The third-order valence-corrected chi connectivity index (χ3v) is 6.82. The molecule has 0 saturated heterocycles. The smallest absolute Gasteiger partial charge is 0.338 e. The van der Waals surface area contributed by atoms with E-state index in [9.17, 15) is 35.2 Å². The van der Waals surface area contributed by atoms with Crippen LogP contribution in [0.15, 0.2) is 17.0 Å². The van der Waals surface area contributed by atoms with Crippen LogP contribution in [0.3, 0.4) is 0 Å². The van der Waals surface area contributed by atoms with Crippen LogP contribution in [0.2, 0.25) is 0 Å². The Hall–Kier alpha value is -1.07. The standard InChI is InChI=1S/C16H10F5I2NO4S/c1-6-8(4-7(22)5-9(6)23)16(25)28-3-2-24-29(26,27)15-13(20)11(18)10(17)12(19)14(15)21/h4-5,24H,2-3H2,1H3. The van der Waals surface area contributed by atoms with Gasteiger partial charge in [-0.2, -0.15) is 0 Å². The molecule has 0 aliphatic carbocycles. The SMILES string of the molecule is Cc1c(I)cc(I)cc1C(=O)OCCNS(=O)(=O)c1c(F)c(F)c(F)c(F)c1F. The lowest BCUT2D eigenvalue weighted by Gasteiger charge is -2.12. The molecule has 2 rings (SSSR count). The molecule has 2 aromatic rings. The Morgan fingerprint density at radius 1 is 1.00 bits per heavy atom. The van der Waals surface area contributed by atoms with Gasteiger partial charge in [-0.25, -0.2) is 39.9 Å². The summed E-state index contributed by atoms with van der Waals surface area (Å²) in [4.78, 5) is 10.1. The van der Waals surface area contributed by atoms with Crippen molar-refractivity contribution in [3.63, 3.8) is 0 Å². The van der Waals surface area contributed by atoms with E-state index in [0.29, 0.717) is 5.56 Å². The van der Waals surface area contributed by atoms with E-state index in [1.807, 2.05) is 51.2 Å². The van der Waals surface area contributed by atoms with Crippen LogP contribution < -0.4 is 4.72 Å². The van der Waals surface area contributed by atoms with Crippen molar-refractivity contribution in [1.82, 2.24) is 4.72 Å². The van der Waals surface area contributed by atoms with E-state index in [1.165, 1.54) is 0 Å². The molecule has 13 heteroatoms. The molecule has 158 valence electrons. The highest BCUT2D eigenvalue weighted by atomic mass is 127. The highest BCUT2D eigenvalue weighted by molar-refractivity contribution is 14.1. The van der Waals surface area contributed by atoms with E-state index < -0.39 is 63.1 Å². The van der Waals surface area contributed by atoms with Crippen molar-refractivity contribution >= 4 is 61.2 Å². The number of benzene rings is 2. The maximum absolute atomic E-state index is 13.7. The first kappa shape index (κ1) is 24.2. The van der Waals surface area contributed by atoms with Gasteiger partial charge in [0.2, 0.25) is 15.8 Å². The molecule has 0 bridgehead atoms. The first-order valence-corrected chi connectivity index (χ1v) is 11.2. The number of sulfonamides is 1. The van der Waals surface area contributed by atoms with Gasteiger partial charge in [0.15, 0.2) is 28.2 Å². The van der Waals surface area contributed by atoms with Crippen molar-refractivity contribution < 1.29 is 39.9 Å². The van der Waals surface area contributed by atoms with Gasteiger partial charge in [0.25, 0.3) is 0 Å². The maximum Gasteiger partial charge on any atom is 0.338 e. The molecule has 0 fully saturated rings. The van der Waals surface area contributed by atoms with Gasteiger partial charge in [0, 0.05) is 13.7 Å². The second-order valence-corrected chi connectivity index (χ2v) is 9.60. The Labute approximate surface area is 189 Å². The minimum atomic E-state index is -5.11. The average molecular weight is 661 g/mol. The van der Waals surface area contributed by atoms with Crippen molar-refractivity contribution in [2.24, 2.45) is 0 Å². The van der Waals surface area contributed by atoms with Crippen LogP contribution in [0.5, 0.6) is 0 Å². The quantitative estimate of drug-likeness (QED) is 0.127.